The number of hydrogen-bond acceptors (Lipinski definition) is 5. The van der Waals surface area contributed by atoms with Crippen molar-refractivity contribution in [1.29, 1.82) is 0 Å². The average Bonchev–Trinajstić information content (AvgIpc) is 3.03. The number of amides is 1. The third kappa shape index (κ3) is 3.91. The van der Waals surface area contributed by atoms with E-state index in [1.54, 1.807) is 17.2 Å². The van der Waals surface area contributed by atoms with Gasteiger partial charge in [0.25, 0.3) is 0 Å². The first kappa shape index (κ1) is 15.6. The number of nitrogens with one attached hydrogen (secondary N) is 1. The van der Waals surface area contributed by atoms with E-state index >= 15 is 0 Å². The molecule has 1 N–H and O–H groups in total. The Labute approximate surface area is 135 Å². The van der Waals surface area contributed by atoms with Crippen molar-refractivity contribution in [3.63, 3.8) is 0 Å². The van der Waals surface area contributed by atoms with Gasteiger partial charge in [-0.2, -0.15) is 0 Å². The van der Waals surface area contributed by atoms with Crippen molar-refractivity contribution >= 4 is 11.7 Å². The van der Waals surface area contributed by atoms with Crippen LogP contribution in [0, 0.1) is 12.3 Å². The highest BCUT2D eigenvalue weighted by Crippen LogP contribution is 2.40. The Morgan fingerprint density at radius 3 is 2.87 bits per heavy atom. The number of hydrogen-bond donors (Lipinski definition) is 1. The maximum Gasteiger partial charge on any atom is 0.226 e. The lowest BCUT2D eigenvalue weighted by Gasteiger charge is -2.36. The lowest BCUT2D eigenvalue weighted by molar-refractivity contribution is -0.119. The summed E-state index contributed by atoms with van der Waals surface area (Å²) in [7, 11) is 0. The van der Waals surface area contributed by atoms with Crippen molar-refractivity contribution in [2.75, 3.05) is 5.32 Å². The first-order valence-electron chi connectivity index (χ1n) is 8.09. The van der Waals surface area contributed by atoms with E-state index in [0.29, 0.717) is 18.8 Å². The molecule has 122 valence electrons. The summed E-state index contributed by atoms with van der Waals surface area (Å²) in [6.07, 6.45) is 9.39. The van der Waals surface area contributed by atoms with E-state index in [0.717, 1.165) is 31.2 Å². The summed E-state index contributed by atoms with van der Waals surface area (Å²) in [5.41, 5.74) is 0.902. The minimum Gasteiger partial charge on any atom is -0.310 e. The molecule has 1 aliphatic rings. The van der Waals surface area contributed by atoms with Crippen molar-refractivity contribution in [1.82, 2.24) is 25.2 Å². The van der Waals surface area contributed by atoms with Crippen molar-refractivity contribution in [3.8, 4) is 0 Å². The summed E-state index contributed by atoms with van der Waals surface area (Å²) in [5, 5.41) is 14.3. The molecular formula is C16H22N6O. The number of aromatic nitrogens is 5. The molecule has 23 heavy (non-hydrogen) atoms. The minimum absolute atomic E-state index is 0.0155. The minimum atomic E-state index is -0.0690. The molecule has 0 bridgehead atoms. The molecule has 2 aromatic rings. The highest BCUT2D eigenvalue weighted by atomic mass is 16.1. The van der Waals surface area contributed by atoms with Crippen molar-refractivity contribution in [2.45, 2.75) is 52.0 Å². The number of carbonyl (C=O) groups excluding carboxylic acids is 1. The lowest BCUT2D eigenvalue weighted by atomic mass is 9.71. The fraction of sp³-hybridized carbons (Fsp3) is 0.562. The van der Waals surface area contributed by atoms with Gasteiger partial charge in [-0.15, -0.1) is 5.10 Å². The normalized spacial score (nSPS) is 16.9. The molecule has 0 unspecified atom stereocenters. The van der Waals surface area contributed by atoms with Gasteiger partial charge in [-0.05, 0) is 47.2 Å². The summed E-state index contributed by atoms with van der Waals surface area (Å²) >= 11 is 0. The smallest absolute Gasteiger partial charge is 0.226 e. The molecule has 0 radical (unpaired) electrons. The van der Waals surface area contributed by atoms with Gasteiger partial charge >= 0.3 is 0 Å². The van der Waals surface area contributed by atoms with Crippen LogP contribution in [0.25, 0.3) is 0 Å². The first-order chi connectivity index (χ1) is 11.2. The van der Waals surface area contributed by atoms with Crippen LogP contribution in [0.1, 0.15) is 44.1 Å². The van der Waals surface area contributed by atoms with E-state index in [2.05, 4.69) is 25.8 Å². The third-order valence-electron chi connectivity index (χ3n) is 4.61. The zero-order valence-corrected chi connectivity index (χ0v) is 13.4. The van der Waals surface area contributed by atoms with E-state index in [1.165, 1.54) is 6.42 Å². The van der Waals surface area contributed by atoms with Gasteiger partial charge in [0.1, 0.15) is 12.1 Å². The van der Waals surface area contributed by atoms with Gasteiger partial charge in [-0.1, -0.05) is 25.3 Å². The van der Waals surface area contributed by atoms with E-state index in [-0.39, 0.29) is 11.3 Å². The summed E-state index contributed by atoms with van der Waals surface area (Å²) in [4.78, 5) is 16.8. The van der Waals surface area contributed by atoms with Gasteiger partial charge in [0.2, 0.25) is 5.91 Å². The highest BCUT2D eigenvalue weighted by Gasteiger charge is 2.35. The Morgan fingerprint density at radius 2 is 2.17 bits per heavy atom. The number of pyridine rings is 1. The molecule has 0 atom stereocenters. The zero-order chi connectivity index (χ0) is 16.1. The molecule has 0 spiro atoms. The molecule has 7 heteroatoms. The Bertz CT molecular complexity index is 648. The average molecular weight is 314 g/mol. The van der Waals surface area contributed by atoms with Crippen LogP contribution < -0.4 is 5.32 Å². The molecule has 2 aromatic heterocycles. The summed E-state index contributed by atoms with van der Waals surface area (Å²) < 4.78 is 1.74. The van der Waals surface area contributed by atoms with Crippen LogP contribution in [0.4, 0.5) is 5.82 Å². The molecule has 0 aliphatic heterocycles. The van der Waals surface area contributed by atoms with Gasteiger partial charge < -0.3 is 5.32 Å². The van der Waals surface area contributed by atoms with Crippen molar-refractivity contribution < 1.29 is 4.79 Å². The lowest BCUT2D eigenvalue weighted by Crippen LogP contribution is -2.34. The molecular weight excluding hydrogens is 292 g/mol. The quantitative estimate of drug-likeness (QED) is 0.915. The summed E-state index contributed by atoms with van der Waals surface area (Å²) in [5.74, 6) is 0.660. The molecule has 1 aliphatic carbocycles. The second kappa shape index (κ2) is 6.85. The van der Waals surface area contributed by atoms with E-state index in [4.69, 9.17) is 0 Å². The van der Waals surface area contributed by atoms with Crippen LogP contribution >= 0.6 is 0 Å². The molecule has 3 rings (SSSR count). The molecule has 1 saturated carbocycles. The number of anilines is 1. The predicted molar refractivity (Wildman–Crippen MR) is 85.6 cm³/mol. The monoisotopic (exact) mass is 314 g/mol. The van der Waals surface area contributed by atoms with Gasteiger partial charge in [0, 0.05) is 12.6 Å². The number of carbonyl (C=O) groups is 1. The Kier molecular flexibility index (Phi) is 4.64. The number of nitrogens with zero attached hydrogens (tertiary/aromatic N) is 5. The molecule has 1 fully saturated rings. The maximum absolute atomic E-state index is 12.6. The molecule has 0 aromatic carbocycles. The maximum atomic E-state index is 12.6. The van der Waals surface area contributed by atoms with Crippen LogP contribution in [-0.2, 0) is 11.3 Å². The Morgan fingerprint density at radius 1 is 1.35 bits per heavy atom. The van der Waals surface area contributed by atoms with Gasteiger partial charge in [0.15, 0.2) is 0 Å². The van der Waals surface area contributed by atoms with Crippen molar-refractivity contribution in [3.05, 3.63) is 30.2 Å². The van der Waals surface area contributed by atoms with E-state index in [1.807, 2.05) is 19.1 Å². The van der Waals surface area contributed by atoms with Gasteiger partial charge in [-0.3, -0.25) is 4.79 Å². The standard InChI is InChI=1S/C16H22N6O/c1-13-6-5-9-17-15(13)19-14(23)10-16(7-3-2-4-8-16)11-22-12-18-20-21-22/h5-6,9,12H,2-4,7-8,10-11H2,1H3,(H,17,19,23). The van der Waals surface area contributed by atoms with Crippen LogP contribution in [-0.4, -0.2) is 31.1 Å². The fourth-order valence-electron chi connectivity index (χ4n) is 3.42. The number of aryl methyl sites for hydroxylation is 1. The second-order valence-electron chi connectivity index (χ2n) is 6.46. The Balaban J connectivity index is 1.70. The third-order valence-corrected chi connectivity index (χ3v) is 4.61. The topological polar surface area (TPSA) is 85.6 Å². The number of tetrazole rings is 1. The SMILES string of the molecule is Cc1cccnc1NC(=O)CC1(Cn2cnnn2)CCCCC1. The highest BCUT2D eigenvalue weighted by molar-refractivity contribution is 5.90. The number of rotatable bonds is 5. The predicted octanol–water partition coefficient (Wildman–Crippen LogP) is 2.36. The van der Waals surface area contributed by atoms with Crippen LogP contribution in [0.5, 0.6) is 0 Å². The first-order valence-corrected chi connectivity index (χ1v) is 8.09. The Hall–Kier alpha value is -2.31. The molecule has 1 amide bonds. The van der Waals surface area contributed by atoms with Crippen LogP contribution in [0.15, 0.2) is 24.7 Å². The summed E-state index contributed by atoms with van der Waals surface area (Å²) in [6, 6.07) is 3.81. The van der Waals surface area contributed by atoms with Crippen LogP contribution in [0.3, 0.4) is 0 Å². The molecule has 7 nitrogen and oxygen atoms in total. The van der Waals surface area contributed by atoms with Gasteiger partial charge in [0.05, 0.1) is 6.54 Å². The second-order valence-corrected chi connectivity index (χ2v) is 6.46. The van der Waals surface area contributed by atoms with Gasteiger partial charge in [-0.25, -0.2) is 9.67 Å². The molecule has 0 saturated heterocycles. The van der Waals surface area contributed by atoms with E-state index < -0.39 is 0 Å². The van der Waals surface area contributed by atoms with Crippen LogP contribution in [0.2, 0.25) is 0 Å². The van der Waals surface area contributed by atoms with Crippen molar-refractivity contribution in [2.24, 2.45) is 5.41 Å². The fourth-order valence-corrected chi connectivity index (χ4v) is 3.42. The summed E-state index contributed by atoms with van der Waals surface area (Å²) in [6.45, 7) is 2.63. The largest absolute Gasteiger partial charge is 0.310 e. The molecule has 2 heterocycles. The van der Waals surface area contributed by atoms with E-state index in [9.17, 15) is 4.79 Å². The zero-order valence-electron chi connectivity index (χ0n) is 13.4.